The van der Waals surface area contributed by atoms with E-state index in [-0.39, 0.29) is 17.9 Å². The van der Waals surface area contributed by atoms with Crippen LogP contribution in [-0.2, 0) is 13.1 Å². The number of hydrogen-bond acceptors (Lipinski definition) is 2. The van der Waals surface area contributed by atoms with Crippen molar-refractivity contribution >= 4 is 12.4 Å². The van der Waals surface area contributed by atoms with E-state index in [9.17, 15) is 0 Å². The topological polar surface area (TPSA) is 29.3 Å². The molecule has 0 amide bonds. The Kier molecular flexibility index (Phi) is 6.01. The SMILES string of the molecule is Cl.NCC1(N(Cc2ccccc2)Cc2ccccc2)CCC1. The molecule has 2 aromatic rings. The smallest absolute Gasteiger partial charge is 0.0338 e. The third-order valence-corrected chi connectivity index (χ3v) is 4.77. The number of halogens is 1. The van der Waals surface area contributed by atoms with Crippen molar-refractivity contribution in [1.29, 1.82) is 0 Å². The van der Waals surface area contributed by atoms with Gasteiger partial charge in [-0.25, -0.2) is 0 Å². The van der Waals surface area contributed by atoms with Gasteiger partial charge in [-0.05, 0) is 30.4 Å². The van der Waals surface area contributed by atoms with Crippen molar-refractivity contribution in [1.82, 2.24) is 4.90 Å². The molecule has 0 aromatic heterocycles. The lowest BCUT2D eigenvalue weighted by Gasteiger charge is -2.50. The van der Waals surface area contributed by atoms with Crippen LogP contribution in [0.3, 0.4) is 0 Å². The molecule has 3 heteroatoms. The molecule has 1 aliphatic rings. The molecule has 2 N–H and O–H groups in total. The van der Waals surface area contributed by atoms with Crippen LogP contribution in [-0.4, -0.2) is 17.0 Å². The highest BCUT2D eigenvalue weighted by molar-refractivity contribution is 5.85. The van der Waals surface area contributed by atoms with Gasteiger partial charge >= 0.3 is 0 Å². The summed E-state index contributed by atoms with van der Waals surface area (Å²) in [7, 11) is 0. The number of benzene rings is 2. The Morgan fingerprint density at radius 1 is 0.818 bits per heavy atom. The molecule has 0 heterocycles. The van der Waals surface area contributed by atoms with E-state index in [0.29, 0.717) is 0 Å². The molecule has 118 valence electrons. The fourth-order valence-corrected chi connectivity index (χ4v) is 3.23. The van der Waals surface area contributed by atoms with Gasteiger partial charge in [0.1, 0.15) is 0 Å². The van der Waals surface area contributed by atoms with Gasteiger partial charge in [-0.15, -0.1) is 12.4 Å². The second-order valence-corrected chi connectivity index (χ2v) is 6.11. The highest BCUT2D eigenvalue weighted by atomic mass is 35.5. The Morgan fingerprint density at radius 2 is 1.27 bits per heavy atom. The summed E-state index contributed by atoms with van der Waals surface area (Å²) in [6.45, 7) is 2.71. The molecular formula is C19H25ClN2. The van der Waals surface area contributed by atoms with Gasteiger partial charge in [0.05, 0.1) is 0 Å². The maximum absolute atomic E-state index is 6.14. The first-order valence-electron chi connectivity index (χ1n) is 7.85. The summed E-state index contributed by atoms with van der Waals surface area (Å²) in [5, 5.41) is 0. The van der Waals surface area contributed by atoms with E-state index in [1.54, 1.807) is 0 Å². The first kappa shape index (κ1) is 17.0. The van der Waals surface area contributed by atoms with Gasteiger partial charge in [0.25, 0.3) is 0 Å². The van der Waals surface area contributed by atoms with Crippen LogP contribution >= 0.6 is 12.4 Å². The van der Waals surface area contributed by atoms with Gasteiger partial charge in [-0.1, -0.05) is 60.7 Å². The number of nitrogens with two attached hydrogens (primary N) is 1. The molecule has 0 unspecified atom stereocenters. The summed E-state index contributed by atoms with van der Waals surface area (Å²) in [5.74, 6) is 0. The zero-order valence-electron chi connectivity index (χ0n) is 12.9. The molecule has 22 heavy (non-hydrogen) atoms. The Morgan fingerprint density at radius 3 is 1.59 bits per heavy atom. The second-order valence-electron chi connectivity index (χ2n) is 6.11. The zero-order valence-corrected chi connectivity index (χ0v) is 13.8. The fourth-order valence-electron chi connectivity index (χ4n) is 3.23. The molecule has 0 spiro atoms. The van der Waals surface area contributed by atoms with Gasteiger partial charge in [-0.2, -0.15) is 0 Å². The van der Waals surface area contributed by atoms with Crippen LogP contribution in [0.4, 0.5) is 0 Å². The Balaban J connectivity index is 0.00000176. The average Bonchev–Trinajstić information content (AvgIpc) is 2.49. The summed E-state index contributed by atoms with van der Waals surface area (Å²) >= 11 is 0. The fraction of sp³-hybridized carbons (Fsp3) is 0.368. The van der Waals surface area contributed by atoms with Crippen LogP contribution in [0, 0.1) is 0 Å². The molecule has 0 radical (unpaired) electrons. The summed E-state index contributed by atoms with van der Waals surface area (Å²) in [6, 6.07) is 21.5. The van der Waals surface area contributed by atoms with E-state index in [1.807, 2.05) is 0 Å². The minimum absolute atomic E-state index is 0. The molecule has 3 rings (SSSR count). The first-order chi connectivity index (χ1) is 10.3. The third kappa shape index (κ3) is 3.70. The predicted octanol–water partition coefficient (Wildman–Crippen LogP) is 3.99. The molecule has 2 aromatic carbocycles. The van der Waals surface area contributed by atoms with Gasteiger partial charge in [0.2, 0.25) is 0 Å². The van der Waals surface area contributed by atoms with Crippen LogP contribution in [0.1, 0.15) is 30.4 Å². The lowest BCUT2D eigenvalue weighted by atomic mass is 9.75. The van der Waals surface area contributed by atoms with Crippen LogP contribution in [0.2, 0.25) is 0 Å². The Hall–Kier alpha value is -1.35. The van der Waals surface area contributed by atoms with Crippen molar-refractivity contribution in [2.24, 2.45) is 5.73 Å². The van der Waals surface area contributed by atoms with Gasteiger partial charge in [0, 0.05) is 25.2 Å². The molecule has 1 aliphatic carbocycles. The van der Waals surface area contributed by atoms with Gasteiger partial charge in [0.15, 0.2) is 0 Å². The van der Waals surface area contributed by atoms with Crippen molar-refractivity contribution in [2.75, 3.05) is 6.54 Å². The third-order valence-electron chi connectivity index (χ3n) is 4.77. The van der Waals surface area contributed by atoms with E-state index < -0.39 is 0 Å². The van der Waals surface area contributed by atoms with E-state index in [4.69, 9.17) is 5.73 Å². The minimum atomic E-state index is 0. The van der Waals surface area contributed by atoms with E-state index in [0.717, 1.165) is 19.6 Å². The van der Waals surface area contributed by atoms with Crippen molar-refractivity contribution in [2.45, 2.75) is 37.9 Å². The Bertz CT molecular complexity index is 505. The molecule has 0 bridgehead atoms. The summed E-state index contributed by atoms with van der Waals surface area (Å²) in [5.41, 5.74) is 9.07. The quantitative estimate of drug-likeness (QED) is 0.873. The van der Waals surface area contributed by atoms with E-state index in [1.165, 1.54) is 30.4 Å². The van der Waals surface area contributed by atoms with Crippen LogP contribution in [0.25, 0.3) is 0 Å². The largest absolute Gasteiger partial charge is 0.329 e. The molecule has 0 atom stereocenters. The molecule has 2 nitrogen and oxygen atoms in total. The second kappa shape index (κ2) is 7.77. The van der Waals surface area contributed by atoms with Crippen molar-refractivity contribution in [3.63, 3.8) is 0 Å². The van der Waals surface area contributed by atoms with Crippen LogP contribution in [0.5, 0.6) is 0 Å². The molecule has 1 fully saturated rings. The first-order valence-corrected chi connectivity index (χ1v) is 7.85. The molecule has 0 saturated heterocycles. The standard InChI is InChI=1S/C19H24N2.ClH/c20-16-19(12-7-13-19)21(14-17-8-3-1-4-9-17)15-18-10-5-2-6-11-18;/h1-6,8-11H,7,12-16,20H2;1H. The minimum Gasteiger partial charge on any atom is -0.329 e. The number of hydrogen-bond donors (Lipinski definition) is 1. The maximum atomic E-state index is 6.14. The number of nitrogens with zero attached hydrogens (tertiary/aromatic N) is 1. The lowest BCUT2D eigenvalue weighted by molar-refractivity contribution is 0.00931. The normalized spacial score (nSPS) is 15.9. The maximum Gasteiger partial charge on any atom is 0.0338 e. The molecule has 1 saturated carbocycles. The average molecular weight is 317 g/mol. The summed E-state index contributed by atoms with van der Waals surface area (Å²) < 4.78 is 0. The van der Waals surface area contributed by atoms with Crippen molar-refractivity contribution in [3.05, 3.63) is 71.8 Å². The van der Waals surface area contributed by atoms with Crippen molar-refractivity contribution in [3.8, 4) is 0 Å². The Labute approximate surface area is 139 Å². The molecular weight excluding hydrogens is 292 g/mol. The predicted molar refractivity (Wildman–Crippen MR) is 95.0 cm³/mol. The highest BCUT2D eigenvalue weighted by Crippen LogP contribution is 2.38. The summed E-state index contributed by atoms with van der Waals surface area (Å²) in [6.07, 6.45) is 3.75. The van der Waals surface area contributed by atoms with E-state index in [2.05, 4.69) is 65.6 Å². The highest BCUT2D eigenvalue weighted by Gasteiger charge is 2.41. The summed E-state index contributed by atoms with van der Waals surface area (Å²) in [4.78, 5) is 2.58. The van der Waals surface area contributed by atoms with Gasteiger partial charge in [-0.3, -0.25) is 4.90 Å². The van der Waals surface area contributed by atoms with Crippen LogP contribution < -0.4 is 5.73 Å². The van der Waals surface area contributed by atoms with E-state index >= 15 is 0 Å². The van der Waals surface area contributed by atoms with Gasteiger partial charge < -0.3 is 5.73 Å². The molecule has 0 aliphatic heterocycles. The number of rotatable bonds is 6. The van der Waals surface area contributed by atoms with Crippen LogP contribution in [0.15, 0.2) is 60.7 Å². The monoisotopic (exact) mass is 316 g/mol. The van der Waals surface area contributed by atoms with Crippen molar-refractivity contribution < 1.29 is 0 Å². The zero-order chi connectivity index (χ0) is 14.5. The lowest BCUT2D eigenvalue weighted by Crippen LogP contribution is -2.57.